The zero-order chi connectivity index (χ0) is 21.0. The summed E-state index contributed by atoms with van der Waals surface area (Å²) in [5.74, 6) is -0.371. The van der Waals surface area contributed by atoms with Crippen LogP contribution in [0.2, 0.25) is 0 Å². The number of amides is 1. The molecule has 0 unspecified atom stereocenters. The van der Waals surface area contributed by atoms with E-state index in [0.29, 0.717) is 0 Å². The molecule has 3 aromatic rings. The molecule has 0 aliphatic carbocycles. The Balaban J connectivity index is 1.88. The van der Waals surface area contributed by atoms with Crippen molar-refractivity contribution in [2.45, 2.75) is 33.7 Å². The summed E-state index contributed by atoms with van der Waals surface area (Å²) < 4.78 is 2.13. The largest absolute Gasteiger partial charge is 0.345 e. The van der Waals surface area contributed by atoms with Gasteiger partial charge in [0.2, 0.25) is 0 Å². The number of carbonyl (C=O) groups is 1. The van der Waals surface area contributed by atoms with Crippen LogP contribution in [0.15, 0.2) is 66.2 Å². The zero-order valence-electron chi connectivity index (χ0n) is 17.2. The van der Waals surface area contributed by atoms with E-state index < -0.39 is 0 Å². The van der Waals surface area contributed by atoms with Crippen LogP contribution in [0.3, 0.4) is 0 Å². The first-order valence-corrected chi connectivity index (χ1v) is 9.64. The van der Waals surface area contributed by atoms with Crippen LogP contribution in [0, 0.1) is 32.1 Å². The van der Waals surface area contributed by atoms with Crippen molar-refractivity contribution in [2.24, 2.45) is 0 Å². The molecule has 0 aliphatic rings. The Labute approximate surface area is 172 Å². The maximum Gasteiger partial charge on any atom is 0.262 e. The molecule has 146 valence electrons. The highest BCUT2D eigenvalue weighted by molar-refractivity contribution is 6.02. The highest BCUT2D eigenvalue weighted by Crippen LogP contribution is 2.23. The van der Waals surface area contributed by atoms with Gasteiger partial charge in [-0.05, 0) is 63.1 Å². The fraction of sp³-hybridized carbons (Fsp3) is 0.200. The third-order valence-corrected chi connectivity index (χ3v) is 5.07. The molecule has 1 aromatic heterocycles. The molecule has 3 rings (SSSR count). The van der Waals surface area contributed by atoms with E-state index in [9.17, 15) is 10.1 Å². The molecule has 1 N–H and O–H groups in total. The van der Waals surface area contributed by atoms with Crippen molar-refractivity contribution in [1.82, 2.24) is 9.88 Å². The lowest BCUT2D eigenvalue weighted by molar-refractivity contribution is -0.117. The van der Waals surface area contributed by atoms with E-state index in [1.807, 2.05) is 57.2 Å². The second-order valence-electron chi connectivity index (χ2n) is 7.27. The van der Waals surface area contributed by atoms with E-state index in [1.54, 1.807) is 6.08 Å². The van der Waals surface area contributed by atoms with Crippen molar-refractivity contribution in [2.75, 3.05) is 0 Å². The van der Waals surface area contributed by atoms with Crippen LogP contribution in [-0.4, -0.2) is 10.5 Å². The van der Waals surface area contributed by atoms with Gasteiger partial charge in [0.1, 0.15) is 11.6 Å². The maximum atomic E-state index is 12.7. The third-order valence-electron chi connectivity index (χ3n) is 5.07. The average Bonchev–Trinajstić information content (AvgIpc) is 3.00. The lowest BCUT2D eigenvalue weighted by atomic mass is 10.1. The van der Waals surface area contributed by atoms with Crippen molar-refractivity contribution in [1.29, 1.82) is 5.26 Å². The Morgan fingerprint density at radius 1 is 1.07 bits per heavy atom. The maximum absolute atomic E-state index is 12.7. The lowest BCUT2D eigenvalue weighted by Gasteiger charge is -2.13. The van der Waals surface area contributed by atoms with Gasteiger partial charge in [-0.15, -0.1) is 0 Å². The highest BCUT2D eigenvalue weighted by Gasteiger charge is 2.16. The first-order valence-electron chi connectivity index (χ1n) is 9.64. The molecule has 0 aliphatic heterocycles. The van der Waals surface area contributed by atoms with E-state index in [2.05, 4.69) is 47.1 Å². The summed E-state index contributed by atoms with van der Waals surface area (Å²) in [6.07, 6.45) is 1.67. The molecule has 1 atom stereocenters. The van der Waals surface area contributed by atoms with Gasteiger partial charge in [0.05, 0.1) is 6.04 Å². The average molecular weight is 383 g/mol. The number of nitrogens with zero attached hydrogens (tertiary/aromatic N) is 2. The first kappa shape index (κ1) is 20.2. The summed E-state index contributed by atoms with van der Waals surface area (Å²) in [4.78, 5) is 12.7. The number of nitrogens with one attached hydrogen (secondary N) is 1. The molecule has 0 radical (unpaired) electrons. The van der Waals surface area contributed by atoms with Crippen molar-refractivity contribution < 1.29 is 4.79 Å². The number of rotatable bonds is 5. The lowest BCUT2D eigenvalue weighted by Crippen LogP contribution is -2.27. The number of hydrogen-bond acceptors (Lipinski definition) is 2. The summed E-state index contributed by atoms with van der Waals surface area (Å²) in [6, 6.07) is 21.9. The summed E-state index contributed by atoms with van der Waals surface area (Å²) in [6.45, 7) is 7.99. The first-order chi connectivity index (χ1) is 13.9. The van der Waals surface area contributed by atoms with Crippen LogP contribution in [0.25, 0.3) is 11.8 Å². The van der Waals surface area contributed by atoms with Crippen molar-refractivity contribution >= 4 is 12.0 Å². The van der Waals surface area contributed by atoms with Crippen LogP contribution in [-0.2, 0) is 4.79 Å². The fourth-order valence-corrected chi connectivity index (χ4v) is 3.43. The molecular weight excluding hydrogens is 358 g/mol. The minimum Gasteiger partial charge on any atom is -0.345 e. The van der Waals surface area contributed by atoms with E-state index >= 15 is 0 Å². The van der Waals surface area contributed by atoms with Gasteiger partial charge in [-0.25, -0.2) is 0 Å². The van der Waals surface area contributed by atoms with E-state index in [4.69, 9.17) is 0 Å². The number of aromatic nitrogens is 1. The van der Waals surface area contributed by atoms with E-state index in [0.717, 1.165) is 28.2 Å². The predicted octanol–water partition coefficient (Wildman–Crippen LogP) is 5.19. The molecule has 4 nitrogen and oxygen atoms in total. The minimum absolute atomic E-state index is 0.0944. The molecule has 2 aromatic carbocycles. The monoisotopic (exact) mass is 383 g/mol. The number of carbonyl (C=O) groups excluding carboxylic acids is 1. The molecule has 1 amide bonds. The molecule has 0 bridgehead atoms. The zero-order valence-corrected chi connectivity index (χ0v) is 17.2. The van der Waals surface area contributed by atoms with Crippen molar-refractivity contribution in [3.8, 4) is 11.8 Å². The number of aryl methyl sites for hydroxylation is 2. The second kappa shape index (κ2) is 8.62. The van der Waals surface area contributed by atoms with Gasteiger partial charge >= 0.3 is 0 Å². The van der Waals surface area contributed by atoms with Crippen molar-refractivity contribution in [3.63, 3.8) is 0 Å². The normalized spacial score (nSPS) is 12.3. The van der Waals surface area contributed by atoms with E-state index in [1.165, 1.54) is 5.56 Å². The topological polar surface area (TPSA) is 57.8 Å². The molecule has 0 saturated carbocycles. The quantitative estimate of drug-likeness (QED) is 0.487. The number of hydrogen-bond donors (Lipinski definition) is 1. The summed E-state index contributed by atoms with van der Waals surface area (Å²) in [5, 5.41) is 12.5. The molecule has 1 heterocycles. The van der Waals surface area contributed by atoms with Crippen LogP contribution < -0.4 is 5.32 Å². The number of nitriles is 1. The van der Waals surface area contributed by atoms with Crippen LogP contribution in [0.4, 0.5) is 0 Å². The standard InChI is InChI=1S/C25H25N3O/c1-17-10-12-24(13-11-17)28-18(2)14-22(20(28)4)15-23(16-26)25(29)27-19(3)21-8-6-5-7-9-21/h5-15,19H,1-4H3,(H,27,29)/b23-15+/t19-/m0/s1. The van der Waals surface area contributed by atoms with Gasteiger partial charge in [-0.3, -0.25) is 4.79 Å². The molecule has 0 spiro atoms. The van der Waals surface area contributed by atoms with Gasteiger partial charge < -0.3 is 9.88 Å². The molecule has 0 fully saturated rings. The SMILES string of the molecule is Cc1ccc(-n2c(C)cc(/C=C(\C#N)C(=O)N[C@@H](C)c3ccccc3)c2C)cc1. The fourth-order valence-electron chi connectivity index (χ4n) is 3.43. The summed E-state index contributed by atoms with van der Waals surface area (Å²) in [7, 11) is 0. The number of benzene rings is 2. The molecule has 4 heteroatoms. The molecular formula is C25H25N3O. The van der Waals surface area contributed by atoms with Gasteiger partial charge in [0.15, 0.2) is 0 Å². The minimum atomic E-state index is -0.371. The van der Waals surface area contributed by atoms with Crippen LogP contribution in [0.5, 0.6) is 0 Å². The summed E-state index contributed by atoms with van der Waals surface area (Å²) >= 11 is 0. The van der Waals surface area contributed by atoms with Crippen LogP contribution in [0.1, 0.15) is 41.0 Å². The van der Waals surface area contributed by atoms with E-state index in [-0.39, 0.29) is 17.5 Å². The molecule has 0 saturated heterocycles. The Kier molecular flexibility index (Phi) is 5.99. The van der Waals surface area contributed by atoms with Crippen molar-refractivity contribution in [3.05, 3.63) is 94.3 Å². The summed E-state index contributed by atoms with van der Waals surface area (Å²) in [5.41, 5.74) is 6.25. The van der Waals surface area contributed by atoms with Gasteiger partial charge in [0.25, 0.3) is 5.91 Å². The van der Waals surface area contributed by atoms with Gasteiger partial charge in [-0.1, -0.05) is 48.0 Å². The third kappa shape index (κ3) is 4.47. The Morgan fingerprint density at radius 3 is 2.34 bits per heavy atom. The Hall–Kier alpha value is -3.58. The predicted molar refractivity (Wildman–Crippen MR) is 117 cm³/mol. The smallest absolute Gasteiger partial charge is 0.262 e. The van der Waals surface area contributed by atoms with Crippen LogP contribution >= 0.6 is 0 Å². The molecule has 29 heavy (non-hydrogen) atoms. The second-order valence-corrected chi connectivity index (χ2v) is 7.27. The Morgan fingerprint density at radius 2 is 1.72 bits per heavy atom. The Bertz CT molecular complexity index is 1080. The van der Waals surface area contributed by atoms with Gasteiger partial charge in [-0.2, -0.15) is 5.26 Å². The van der Waals surface area contributed by atoms with Gasteiger partial charge in [0, 0.05) is 17.1 Å². The highest BCUT2D eigenvalue weighted by atomic mass is 16.1.